The van der Waals surface area contributed by atoms with Crippen LogP contribution in [0.4, 0.5) is 0 Å². The molecule has 0 aliphatic rings. The first-order valence-corrected chi connectivity index (χ1v) is 5.44. The number of nitrogens with zero attached hydrogens (tertiary/aromatic N) is 1. The Labute approximate surface area is 91.7 Å². The van der Waals surface area contributed by atoms with Crippen molar-refractivity contribution in [3.05, 3.63) is 11.1 Å². The van der Waals surface area contributed by atoms with Crippen molar-refractivity contribution in [2.45, 2.75) is 46.5 Å². The van der Waals surface area contributed by atoms with Crippen molar-refractivity contribution in [3.63, 3.8) is 0 Å². The van der Waals surface area contributed by atoms with E-state index >= 15 is 0 Å². The third kappa shape index (κ3) is 5.21. The van der Waals surface area contributed by atoms with E-state index in [0.717, 1.165) is 31.3 Å². The largest absolute Gasteiger partial charge is 0.462 e. The molecule has 0 rings (SSSR count). The van der Waals surface area contributed by atoms with Crippen LogP contribution in [-0.4, -0.2) is 12.6 Å². The van der Waals surface area contributed by atoms with Gasteiger partial charge in [0.25, 0.3) is 0 Å². The second-order valence-electron chi connectivity index (χ2n) is 3.44. The number of hydrogen-bond acceptors (Lipinski definition) is 3. The van der Waals surface area contributed by atoms with E-state index in [1.54, 1.807) is 6.92 Å². The first kappa shape index (κ1) is 13.7. The first-order valence-electron chi connectivity index (χ1n) is 5.44. The molecule has 3 nitrogen and oxygen atoms in total. The van der Waals surface area contributed by atoms with Crippen LogP contribution in [0, 0.1) is 11.3 Å². The second-order valence-corrected chi connectivity index (χ2v) is 3.44. The maximum absolute atomic E-state index is 11.3. The van der Waals surface area contributed by atoms with Gasteiger partial charge in [-0.15, -0.1) is 0 Å². The first-order chi connectivity index (χ1) is 7.17. The van der Waals surface area contributed by atoms with E-state index in [2.05, 4.69) is 6.92 Å². The van der Waals surface area contributed by atoms with E-state index in [0.29, 0.717) is 6.61 Å². The zero-order valence-corrected chi connectivity index (χ0v) is 9.80. The lowest BCUT2D eigenvalue weighted by Gasteiger charge is -2.04. The fraction of sp³-hybridized carbons (Fsp3) is 0.667. The summed E-state index contributed by atoms with van der Waals surface area (Å²) in [5.74, 6) is -0.492. The predicted octanol–water partition coefficient (Wildman–Crippen LogP) is 2.97. The summed E-state index contributed by atoms with van der Waals surface area (Å²) in [7, 11) is 0. The summed E-state index contributed by atoms with van der Waals surface area (Å²) in [5, 5.41) is 8.84. The summed E-state index contributed by atoms with van der Waals surface area (Å²) in [6, 6.07) is 1.92. The van der Waals surface area contributed by atoms with Gasteiger partial charge >= 0.3 is 5.97 Å². The number of ether oxygens (including phenoxy) is 1. The quantitative estimate of drug-likeness (QED) is 0.292. The number of esters is 1. The van der Waals surface area contributed by atoms with Crippen molar-refractivity contribution in [1.82, 2.24) is 0 Å². The molecule has 0 N–H and O–H groups in total. The van der Waals surface area contributed by atoms with Crippen molar-refractivity contribution < 1.29 is 9.53 Å². The summed E-state index contributed by atoms with van der Waals surface area (Å²) in [6.07, 6.45) is 4.08. The molecule has 0 radical (unpaired) electrons. The Hall–Kier alpha value is -1.30. The standard InChI is InChI=1S/C12H19NO2/c1-4-6-7-8-10(3)11(9-13)12(14)15-5-2/h4-8H2,1-3H3/b11-10-. The molecule has 0 spiro atoms. The average molecular weight is 209 g/mol. The van der Waals surface area contributed by atoms with E-state index in [1.165, 1.54) is 0 Å². The number of rotatable bonds is 6. The topological polar surface area (TPSA) is 50.1 Å². The summed E-state index contributed by atoms with van der Waals surface area (Å²) >= 11 is 0. The lowest BCUT2D eigenvalue weighted by Crippen LogP contribution is -2.08. The Morgan fingerprint density at radius 2 is 2.00 bits per heavy atom. The molecule has 0 bridgehead atoms. The predicted molar refractivity (Wildman–Crippen MR) is 59.1 cm³/mol. The van der Waals surface area contributed by atoms with Gasteiger partial charge in [-0.1, -0.05) is 19.8 Å². The van der Waals surface area contributed by atoms with Crippen LogP contribution in [0.15, 0.2) is 11.1 Å². The van der Waals surface area contributed by atoms with E-state index in [-0.39, 0.29) is 5.57 Å². The average Bonchev–Trinajstić information content (AvgIpc) is 2.19. The molecular formula is C12H19NO2. The molecule has 15 heavy (non-hydrogen) atoms. The molecule has 84 valence electrons. The van der Waals surface area contributed by atoms with E-state index in [9.17, 15) is 4.79 Å². The molecule has 0 heterocycles. The molecule has 0 aliphatic heterocycles. The highest BCUT2D eigenvalue weighted by molar-refractivity contribution is 5.93. The van der Waals surface area contributed by atoms with Crippen LogP contribution in [0.5, 0.6) is 0 Å². The lowest BCUT2D eigenvalue weighted by atomic mass is 10.0. The molecule has 0 amide bonds. The van der Waals surface area contributed by atoms with Crippen molar-refractivity contribution in [3.8, 4) is 6.07 Å². The molecule has 0 unspecified atom stereocenters. The summed E-state index contributed by atoms with van der Waals surface area (Å²) in [4.78, 5) is 11.3. The highest BCUT2D eigenvalue weighted by Gasteiger charge is 2.12. The molecule has 0 saturated carbocycles. The third-order valence-corrected chi connectivity index (χ3v) is 2.17. The third-order valence-electron chi connectivity index (χ3n) is 2.17. The Morgan fingerprint density at radius 1 is 1.33 bits per heavy atom. The molecule has 0 atom stereocenters. The van der Waals surface area contributed by atoms with Gasteiger partial charge in [0.05, 0.1) is 6.61 Å². The van der Waals surface area contributed by atoms with Gasteiger partial charge in [0.15, 0.2) is 0 Å². The smallest absolute Gasteiger partial charge is 0.348 e. The van der Waals surface area contributed by atoms with Gasteiger partial charge in [0, 0.05) is 0 Å². The lowest BCUT2D eigenvalue weighted by molar-refractivity contribution is -0.138. The SMILES string of the molecule is CCCCC/C(C)=C(/C#N)C(=O)OCC. The van der Waals surface area contributed by atoms with Crippen molar-refractivity contribution in [2.24, 2.45) is 0 Å². The highest BCUT2D eigenvalue weighted by atomic mass is 16.5. The second kappa shape index (κ2) is 8.05. The van der Waals surface area contributed by atoms with Gasteiger partial charge in [0.2, 0.25) is 0 Å². The minimum Gasteiger partial charge on any atom is -0.462 e. The number of allylic oxidation sites excluding steroid dienone is 1. The van der Waals surface area contributed by atoms with Gasteiger partial charge in [0.1, 0.15) is 11.6 Å². The molecule has 0 saturated heterocycles. The van der Waals surface area contributed by atoms with Gasteiger partial charge in [-0.2, -0.15) is 5.26 Å². The minimum absolute atomic E-state index is 0.174. The maximum atomic E-state index is 11.3. The number of hydrogen-bond donors (Lipinski definition) is 0. The number of carbonyl (C=O) groups is 1. The monoisotopic (exact) mass is 209 g/mol. The van der Waals surface area contributed by atoms with Crippen LogP contribution in [0.1, 0.15) is 46.5 Å². The molecule has 0 aromatic rings. The summed E-state index contributed by atoms with van der Waals surface area (Å²) in [5.41, 5.74) is 1.01. The highest BCUT2D eigenvalue weighted by Crippen LogP contribution is 2.13. The van der Waals surface area contributed by atoms with E-state index in [1.807, 2.05) is 13.0 Å². The van der Waals surface area contributed by atoms with Gasteiger partial charge in [-0.25, -0.2) is 4.79 Å². The van der Waals surface area contributed by atoms with Crippen molar-refractivity contribution in [1.29, 1.82) is 5.26 Å². The maximum Gasteiger partial charge on any atom is 0.348 e. The van der Waals surface area contributed by atoms with Crippen molar-refractivity contribution in [2.75, 3.05) is 6.61 Å². The van der Waals surface area contributed by atoms with Crippen LogP contribution in [-0.2, 0) is 9.53 Å². The molecule has 0 aliphatic carbocycles. The molecule has 0 fully saturated rings. The minimum atomic E-state index is -0.492. The van der Waals surface area contributed by atoms with E-state index < -0.39 is 5.97 Å². The molecular weight excluding hydrogens is 190 g/mol. The summed E-state index contributed by atoms with van der Waals surface area (Å²) in [6.45, 7) is 5.99. The normalized spacial score (nSPS) is 11.6. The van der Waals surface area contributed by atoms with Gasteiger partial charge < -0.3 is 4.74 Å². The van der Waals surface area contributed by atoms with Crippen LogP contribution in [0.3, 0.4) is 0 Å². The zero-order valence-electron chi connectivity index (χ0n) is 9.80. The molecule has 3 heteroatoms. The van der Waals surface area contributed by atoms with Crippen LogP contribution in [0.2, 0.25) is 0 Å². The summed E-state index contributed by atoms with van der Waals surface area (Å²) < 4.78 is 4.80. The van der Waals surface area contributed by atoms with E-state index in [4.69, 9.17) is 10.00 Å². The molecule has 0 aromatic heterocycles. The Balaban J connectivity index is 4.40. The fourth-order valence-corrected chi connectivity index (χ4v) is 1.28. The molecule has 0 aromatic carbocycles. The van der Waals surface area contributed by atoms with Gasteiger partial charge in [-0.3, -0.25) is 0 Å². The van der Waals surface area contributed by atoms with Gasteiger partial charge in [-0.05, 0) is 32.3 Å². The number of carbonyl (C=O) groups excluding carboxylic acids is 1. The number of nitriles is 1. The fourth-order valence-electron chi connectivity index (χ4n) is 1.28. The van der Waals surface area contributed by atoms with Crippen LogP contribution < -0.4 is 0 Å². The Bertz CT molecular complexity index is 274. The Kier molecular flexibility index (Phi) is 7.35. The van der Waals surface area contributed by atoms with Crippen molar-refractivity contribution >= 4 is 5.97 Å². The number of unbranched alkanes of at least 4 members (excludes halogenated alkanes) is 2. The van der Waals surface area contributed by atoms with Crippen LogP contribution >= 0.6 is 0 Å². The Morgan fingerprint density at radius 3 is 2.47 bits per heavy atom. The van der Waals surface area contributed by atoms with Crippen LogP contribution in [0.25, 0.3) is 0 Å². The zero-order chi connectivity index (χ0) is 11.7.